The van der Waals surface area contributed by atoms with Crippen LogP contribution < -0.4 is 0 Å². The smallest absolute Gasteiger partial charge is 0.112 e. The summed E-state index contributed by atoms with van der Waals surface area (Å²) < 4.78 is 8.16. The van der Waals surface area contributed by atoms with Gasteiger partial charge in [-0.15, -0.1) is 0 Å². The van der Waals surface area contributed by atoms with E-state index in [0.29, 0.717) is 0 Å². The molecule has 4 rings (SSSR count). The zero-order valence-electron chi connectivity index (χ0n) is 18.6. The van der Waals surface area contributed by atoms with E-state index in [-0.39, 0.29) is 6.10 Å². The number of hydrogen-bond donors (Lipinski definition) is 0. The summed E-state index contributed by atoms with van der Waals surface area (Å²) in [4.78, 5) is 7.28. The fourth-order valence-corrected chi connectivity index (χ4v) is 4.12. The number of pyridine rings is 1. The molecule has 3 aromatic rings. The Kier molecular flexibility index (Phi) is 6.30. The third-order valence-electron chi connectivity index (χ3n) is 5.81. The fraction of sp³-hybridized carbons (Fsp3) is 0.440. The molecule has 1 aromatic carbocycles. The molecule has 5 heteroatoms. The summed E-state index contributed by atoms with van der Waals surface area (Å²) in [6, 6.07) is 13.2. The number of rotatable bonds is 6. The monoisotopic (exact) mass is 404 g/mol. The van der Waals surface area contributed by atoms with Crippen LogP contribution >= 0.6 is 0 Å². The minimum atomic E-state index is 0.0111. The van der Waals surface area contributed by atoms with Crippen molar-refractivity contribution >= 4 is 0 Å². The molecule has 0 spiro atoms. The lowest BCUT2D eigenvalue weighted by molar-refractivity contribution is -0.0351. The number of aromatic nitrogens is 3. The Bertz CT molecular complexity index is 993. The lowest BCUT2D eigenvalue weighted by Crippen LogP contribution is -2.38. The maximum atomic E-state index is 6.14. The SMILES string of the molecule is CCn1cc(CN2CCOC(c3cc(Cc4ccc(C)cc4)cc(C)n3)C2)c(C)n1. The van der Waals surface area contributed by atoms with Crippen LogP contribution in [0.3, 0.4) is 0 Å². The van der Waals surface area contributed by atoms with E-state index in [1.807, 2.05) is 4.68 Å². The molecule has 2 aromatic heterocycles. The third-order valence-corrected chi connectivity index (χ3v) is 5.81. The van der Waals surface area contributed by atoms with E-state index in [4.69, 9.17) is 9.72 Å². The highest BCUT2D eigenvalue weighted by Gasteiger charge is 2.24. The molecule has 1 saturated heterocycles. The molecule has 0 bridgehead atoms. The molecule has 1 atom stereocenters. The fourth-order valence-electron chi connectivity index (χ4n) is 4.12. The van der Waals surface area contributed by atoms with Gasteiger partial charge in [0.15, 0.2) is 0 Å². The molecule has 1 aliphatic heterocycles. The van der Waals surface area contributed by atoms with Crippen LogP contribution in [0.25, 0.3) is 0 Å². The lowest BCUT2D eigenvalue weighted by Gasteiger charge is -2.32. The first-order valence-corrected chi connectivity index (χ1v) is 10.9. The summed E-state index contributed by atoms with van der Waals surface area (Å²) in [6.45, 7) is 12.8. The first kappa shape index (κ1) is 20.8. The van der Waals surface area contributed by atoms with Crippen molar-refractivity contribution in [2.45, 2.75) is 53.3 Å². The van der Waals surface area contributed by atoms with Crippen LogP contribution in [0.4, 0.5) is 0 Å². The number of nitrogens with zero attached hydrogens (tertiary/aromatic N) is 4. The Morgan fingerprint density at radius 3 is 2.60 bits per heavy atom. The van der Waals surface area contributed by atoms with Crippen LogP contribution in [0.15, 0.2) is 42.6 Å². The van der Waals surface area contributed by atoms with Crippen LogP contribution in [0.5, 0.6) is 0 Å². The van der Waals surface area contributed by atoms with E-state index in [0.717, 1.165) is 56.3 Å². The number of morpholine rings is 1. The summed E-state index contributed by atoms with van der Waals surface area (Å²) in [5, 5.41) is 4.59. The van der Waals surface area contributed by atoms with E-state index < -0.39 is 0 Å². The molecule has 0 saturated carbocycles. The van der Waals surface area contributed by atoms with Gasteiger partial charge >= 0.3 is 0 Å². The second kappa shape index (κ2) is 9.11. The maximum Gasteiger partial charge on any atom is 0.112 e. The zero-order valence-corrected chi connectivity index (χ0v) is 18.6. The van der Waals surface area contributed by atoms with E-state index in [1.165, 1.54) is 22.3 Å². The highest BCUT2D eigenvalue weighted by molar-refractivity contribution is 5.31. The van der Waals surface area contributed by atoms with E-state index in [1.54, 1.807) is 0 Å². The number of ether oxygens (including phenoxy) is 1. The molecule has 1 aliphatic rings. The number of aryl methyl sites for hydroxylation is 4. The van der Waals surface area contributed by atoms with E-state index in [9.17, 15) is 0 Å². The van der Waals surface area contributed by atoms with Crippen LogP contribution in [-0.2, 0) is 24.2 Å². The molecule has 0 amide bonds. The molecule has 0 aliphatic carbocycles. The Labute approximate surface area is 179 Å². The van der Waals surface area contributed by atoms with Gasteiger partial charge in [-0.05, 0) is 57.4 Å². The average molecular weight is 405 g/mol. The van der Waals surface area contributed by atoms with Crippen molar-refractivity contribution in [3.05, 3.63) is 81.9 Å². The van der Waals surface area contributed by atoms with Gasteiger partial charge in [0.1, 0.15) is 6.10 Å². The van der Waals surface area contributed by atoms with E-state index in [2.05, 4.69) is 80.3 Å². The highest BCUT2D eigenvalue weighted by atomic mass is 16.5. The average Bonchev–Trinajstić information content (AvgIpc) is 3.09. The van der Waals surface area contributed by atoms with Crippen molar-refractivity contribution in [2.75, 3.05) is 19.7 Å². The van der Waals surface area contributed by atoms with Crippen molar-refractivity contribution in [1.82, 2.24) is 19.7 Å². The van der Waals surface area contributed by atoms with Gasteiger partial charge in [0.05, 0.1) is 18.0 Å². The van der Waals surface area contributed by atoms with Gasteiger partial charge in [-0.25, -0.2) is 0 Å². The molecular formula is C25H32N4O. The van der Waals surface area contributed by atoms with Crippen molar-refractivity contribution < 1.29 is 4.74 Å². The Morgan fingerprint density at radius 2 is 1.87 bits per heavy atom. The molecule has 0 radical (unpaired) electrons. The predicted molar refractivity (Wildman–Crippen MR) is 120 cm³/mol. The van der Waals surface area contributed by atoms with Crippen LogP contribution in [0.2, 0.25) is 0 Å². The first-order valence-electron chi connectivity index (χ1n) is 10.9. The maximum absolute atomic E-state index is 6.14. The zero-order chi connectivity index (χ0) is 21.1. The topological polar surface area (TPSA) is 43.2 Å². The Hall–Kier alpha value is -2.50. The molecule has 3 heterocycles. The molecule has 5 nitrogen and oxygen atoms in total. The van der Waals surface area contributed by atoms with Gasteiger partial charge in [0.25, 0.3) is 0 Å². The molecule has 158 valence electrons. The van der Waals surface area contributed by atoms with Gasteiger partial charge < -0.3 is 4.74 Å². The quantitative estimate of drug-likeness (QED) is 0.611. The summed E-state index contributed by atoms with van der Waals surface area (Å²) in [5.41, 5.74) is 8.43. The third kappa shape index (κ3) is 4.97. The molecule has 30 heavy (non-hydrogen) atoms. The second-order valence-electron chi connectivity index (χ2n) is 8.39. The number of hydrogen-bond acceptors (Lipinski definition) is 4. The number of benzene rings is 1. The lowest BCUT2D eigenvalue weighted by atomic mass is 10.0. The van der Waals surface area contributed by atoms with Gasteiger partial charge in [0.2, 0.25) is 0 Å². The summed E-state index contributed by atoms with van der Waals surface area (Å²) in [5.74, 6) is 0. The van der Waals surface area contributed by atoms with Gasteiger partial charge in [-0.1, -0.05) is 29.8 Å². The predicted octanol–water partition coefficient (Wildman–Crippen LogP) is 4.39. The minimum absolute atomic E-state index is 0.0111. The second-order valence-corrected chi connectivity index (χ2v) is 8.39. The van der Waals surface area contributed by atoms with Crippen LogP contribution in [0.1, 0.15) is 52.4 Å². The van der Waals surface area contributed by atoms with Gasteiger partial charge in [0, 0.05) is 43.6 Å². The summed E-state index contributed by atoms with van der Waals surface area (Å²) in [6.07, 6.45) is 3.10. The Morgan fingerprint density at radius 1 is 1.07 bits per heavy atom. The first-order chi connectivity index (χ1) is 14.5. The molecule has 1 fully saturated rings. The largest absolute Gasteiger partial charge is 0.369 e. The Balaban J connectivity index is 1.48. The summed E-state index contributed by atoms with van der Waals surface area (Å²) in [7, 11) is 0. The van der Waals surface area contributed by atoms with Crippen molar-refractivity contribution in [2.24, 2.45) is 0 Å². The normalized spacial score (nSPS) is 17.4. The summed E-state index contributed by atoms with van der Waals surface area (Å²) >= 11 is 0. The van der Waals surface area contributed by atoms with Crippen molar-refractivity contribution in [1.29, 1.82) is 0 Å². The molecular weight excluding hydrogens is 372 g/mol. The van der Waals surface area contributed by atoms with Gasteiger partial charge in [-0.3, -0.25) is 14.6 Å². The van der Waals surface area contributed by atoms with Crippen molar-refractivity contribution in [3.8, 4) is 0 Å². The van der Waals surface area contributed by atoms with Gasteiger partial charge in [-0.2, -0.15) is 5.10 Å². The minimum Gasteiger partial charge on any atom is -0.369 e. The highest BCUT2D eigenvalue weighted by Crippen LogP contribution is 2.24. The van der Waals surface area contributed by atoms with Crippen LogP contribution in [-0.4, -0.2) is 39.4 Å². The molecule has 0 N–H and O–H groups in total. The van der Waals surface area contributed by atoms with E-state index >= 15 is 0 Å². The van der Waals surface area contributed by atoms with Crippen LogP contribution in [0, 0.1) is 20.8 Å². The van der Waals surface area contributed by atoms with Crippen molar-refractivity contribution in [3.63, 3.8) is 0 Å². The molecule has 1 unspecified atom stereocenters. The standard InChI is InChI=1S/C25H32N4O/c1-5-29-16-23(20(4)27-29)15-28-10-11-30-25(17-28)24-14-22(12-19(3)26-24)13-21-8-6-18(2)7-9-21/h6-9,12,14,16,25H,5,10-11,13,15,17H2,1-4H3.